The lowest BCUT2D eigenvalue weighted by Crippen LogP contribution is -2.22. The summed E-state index contributed by atoms with van der Waals surface area (Å²) in [7, 11) is 0. The zero-order valence-electron chi connectivity index (χ0n) is 6.81. The molecular formula is C8H16N2O. The summed E-state index contributed by atoms with van der Waals surface area (Å²) in [5.41, 5.74) is 4.94. The second-order valence-electron chi connectivity index (χ2n) is 2.40. The number of rotatable bonds is 7. The lowest BCUT2D eigenvalue weighted by Gasteiger charge is -1.99. The Bertz CT molecular complexity index is 123. The Kier molecular flexibility index (Phi) is 6.73. The highest BCUT2D eigenvalue weighted by Crippen LogP contribution is 1.85. The number of carbonyl (C=O) groups excluding carboxylic acids is 1. The van der Waals surface area contributed by atoms with Crippen LogP contribution in [-0.2, 0) is 4.79 Å². The number of primary amides is 1. The summed E-state index contributed by atoms with van der Waals surface area (Å²) in [6.45, 7) is 5.22. The van der Waals surface area contributed by atoms with Gasteiger partial charge in [-0.05, 0) is 19.4 Å². The van der Waals surface area contributed by atoms with E-state index in [1.54, 1.807) is 0 Å². The fourth-order valence-electron chi connectivity index (χ4n) is 0.708. The lowest BCUT2D eigenvalue weighted by atomic mass is 10.3. The van der Waals surface area contributed by atoms with Gasteiger partial charge in [0, 0.05) is 13.0 Å². The van der Waals surface area contributed by atoms with Crippen LogP contribution in [0.25, 0.3) is 0 Å². The maximum Gasteiger partial charge on any atom is 0.218 e. The number of carbonyl (C=O) groups is 1. The normalized spacial score (nSPS) is 9.45. The molecule has 0 radical (unpaired) electrons. The summed E-state index contributed by atoms with van der Waals surface area (Å²) in [5, 5.41) is 3.10. The molecule has 3 heteroatoms. The first-order chi connectivity index (χ1) is 5.27. The molecule has 1 amide bonds. The van der Waals surface area contributed by atoms with Gasteiger partial charge in [-0.1, -0.05) is 6.08 Å². The minimum Gasteiger partial charge on any atom is -0.370 e. The average molecular weight is 156 g/mol. The van der Waals surface area contributed by atoms with Gasteiger partial charge in [0.1, 0.15) is 0 Å². The third-order valence-corrected chi connectivity index (χ3v) is 1.31. The van der Waals surface area contributed by atoms with Gasteiger partial charge in [-0.3, -0.25) is 4.79 Å². The number of nitrogens with one attached hydrogen (secondary N) is 1. The second-order valence-corrected chi connectivity index (χ2v) is 2.40. The molecule has 3 N–H and O–H groups in total. The molecule has 0 unspecified atom stereocenters. The van der Waals surface area contributed by atoms with Gasteiger partial charge in [0.05, 0.1) is 0 Å². The van der Waals surface area contributed by atoms with E-state index in [0.29, 0.717) is 13.0 Å². The maximum atomic E-state index is 10.3. The van der Waals surface area contributed by atoms with Crippen LogP contribution in [0.1, 0.15) is 19.3 Å². The van der Waals surface area contributed by atoms with Crippen LogP contribution >= 0.6 is 0 Å². The number of unbranched alkanes of at least 4 members (excludes halogenated alkanes) is 1. The smallest absolute Gasteiger partial charge is 0.218 e. The Morgan fingerprint density at radius 1 is 1.55 bits per heavy atom. The number of allylic oxidation sites excluding steroid dienone is 1. The molecule has 0 heterocycles. The third kappa shape index (κ3) is 9.17. The van der Waals surface area contributed by atoms with E-state index in [1.165, 1.54) is 0 Å². The second kappa shape index (κ2) is 7.28. The molecule has 0 aromatic carbocycles. The fraction of sp³-hybridized carbons (Fsp3) is 0.625. The molecule has 0 aliphatic carbocycles. The summed E-state index contributed by atoms with van der Waals surface area (Å²) in [6, 6.07) is 0. The molecule has 0 aromatic heterocycles. The van der Waals surface area contributed by atoms with Crippen molar-refractivity contribution in [3.05, 3.63) is 12.7 Å². The highest BCUT2D eigenvalue weighted by atomic mass is 16.1. The van der Waals surface area contributed by atoms with Gasteiger partial charge < -0.3 is 11.1 Å². The molecule has 0 saturated carbocycles. The van der Waals surface area contributed by atoms with Gasteiger partial charge in [0.2, 0.25) is 5.91 Å². The first kappa shape index (κ1) is 10.2. The van der Waals surface area contributed by atoms with Gasteiger partial charge in [-0.15, -0.1) is 6.58 Å². The molecule has 0 saturated heterocycles. The molecule has 0 aromatic rings. The lowest BCUT2D eigenvalue weighted by molar-refractivity contribution is -0.117. The summed E-state index contributed by atoms with van der Waals surface area (Å²) < 4.78 is 0. The Morgan fingerprint density at radius 2 is 2.27 bits per heavy atom. The molecule has 0 bridgehead atoms. The molecule has 0 aliphatic rings. The van der Waals surface area contributed by atoms with Crippen molar-refractivity contribution in [2.24, 2.45) is 5.73 Å². The Balaban J connectivity index is 2.90. The Labute approximate surface area is 67.7 Å². The highest BCUT2D eigenvalue weighted by molar-refractivity contribution is 5.73. The predicted molar refractivity (Wildman–Crippen MR) is 46.1 cm³/mol. The van der Waals surface area contributed by atoms with Crippen molar-refractivity contribution in [2.75, 3.05) is 13.1 Å². The predicted octanol–water partition coefficient (Wildman–Crippen LogP) is 0.418. The van der Waals surface area contributed by atoms with E-state index < -0.39 is 0 Å². The van der Waals surface area contributed by atoms with E-state index in [0.717, 1.165) is 19.4 Å². The molecule has 11 heavy (non-hydrogen) atoms. The first-order valence-electron chi connectivity index (χ1n) is 3.87. The third-order valence-electron chi connectivity index (χ3n) is 1.31. The molecule has 0 spiro atoms. The SMILES string of the molecule is C=CCCCNCCC(N)=O. The van der Waals surface area contributed by atoms with Crippen LogP contribution in [0, 0.1) is 0 Å². The topological polar surface area (TPSA) is 55.1 Å². The molecule has 3 nitrogen and oxygen atoms in total. The van der Waals surface area contributed by atoms with Gasteiger partial charge in [-0.25, -0.2) is 0 Å². The quantitative estimate of drug-likeness (QED) is 0.414. The number of amides is 1. The van der Waals surface area contributed by atoms with E-state index in [4.69, 9.17) is 5.73 Å². The van der Waals surface area contributed by atoms with Crippen LogP contribution in [0.5, 0.6) is 0 Å². The summed E-state index contributed by atoms with van der Waals surface area (Å²) in [4.78, 5) is 10.3. The van der Waals surface area contributed by atoms with Crippen molar-refractivity contribution in [1.29, 1.82) is 0 Å². The van der Waals surface area contributed by atoms with Crippen LogP contribution < -0.4 is 11.1 Å². The molecule has 0 fully saturated rings. The van der Waals surface area contributed by atoms with Crippen LogP contribution in [0.2, 0.25) is 0 Å². The minimum absolute atomic E-state index is 0.249. The molecule has 0 aliphatic heterocycles. The maximum absolute atomic E-state index is 10.3. The van der Waals surface area contributed by atoms with E-state index in [9.17, 15) is 4.79 Å². The largest absolute Gasteiger partial charge is 0.370 e. The van der Waals surface area contributed by atoms with E-state index in [1.807, 2.05) is 6.08 Å². The van der Waals surface area contributed by atoms with Crippen LogP contribution in [-0.4, -0.2) is 19.0 Å². The van der Waals surface area contributed by atoms with Crippen molar-refractivity contribution >= 4 is 5.91 Å². The van der Waals surface area contributed by atoms with E-state index >= 15 is 0 Å². The van der Waals surface area contributed by atoms with Gasteiger partial charge in [0.25, 0.3) is 0 Å². The van der Waals surface area contributed by atoms with Crippen molar-refractivity contribution < 1.29 is 4.79 Å². The number of hydrogen-bond donors (Lipinski definition) is 2. The Hall–Kier alpha value is -0.830. The molecule has 0 rings (SSSR count). The fourth-order valence-corrected chi connectivity index (χ4v) is 0.708. The van der Waals surface area contributed by atoms with Crippen LogP contribution in [0.3, 0.4) is 0 Å². The van der Waals surface area contributed by atoms with Crippen molar-refractivity contribution in [2.45, 2.75) is 19.3 Å². The summed E-state index contributed by atoms with van der Waals surface area (Å²) in [6.07, 6.45) is 4.40. The number of hydrogen-bond acceptors (Lipinski definition) is 2. The zero-order valence-corrected chi connectivity index (χ0v) is 6.81. The minimum atomic E-state index is -0.249. The van der Waals surface area contributed by atoms with Gasteiger partial charge in [-0.2, -0.15) is 0 Å². The van der Waals surface area contributed by atoms with Crippen molar-refractivity contribution in [3.8, 4) is 0 Å². The van der Waals surface area contributed by atoms with E-state index in [2.05, 4.69) is 11.9 Å². The first-order valence-corrected chi connectivity index (χ1v) is 3.87. The molecular weight excluding hydrogens is 140 g/mol. The van der Waals surface area contributed by atoms with Crippen LogP contribution in [0.4, 0.5) is 0 Å². The summed E-state index contributed by atoms with van der Waals surface area (Å²) in [5.74, 6) is -0.249. The van der Waals surface area contributed by atoms with Crippen molar-refractivity contribution in [3.63, 3.8) is 0 Å². The van der Waals surface area contributed by atoms with E-state index in [-0.39, 0.29) is 5.91 Å². The van der Waals surface area contributed by atoms with Crippen LogP contribution in [0.15, 0.2) is 12.7 Å². The van der Waals surface area contributed by atoms with Crippen molar-refractivity contribution in [1.82, 2.24) is 5.32 Å². The average Bonchev–Trinajstić information content (AvgIpc) is 1.96. The highest BCUT2D eigenvalue weighted by Gasteiger charge is 1.91. The monoisotopic (exact) mass is 156 g/mol. The van der Waals surface area contributed by atoms with Gasteiger partial charge in [0.15, 0.2) is 0 Å². The zero-order chi connectivity index (χ0) is 8.53. The standard InChI is InChI=1S/C8H16N2O/c1-2-3-4-6-10-7-5-8(9)11/h2,10H,1,3-7H2,(H2,9,11). The molecule has 64 valence electrons. The molecule has 0 atom stereocenters. The van der Waals surface area contributed by atoms with Gasteiger partial charge >= 0.3 is 0 Å². The number of nitrogens with two attached hydrogens (primary N) is 1. The Morgan fingerprint density at radius 3 is 2.82 bits per heavy atom. The summed E-state index contributed by atoms with van der Waals surface area (Å²) >= 11 is 0.